The van der Waals surface area contributed by atoms with Crippen molar-refractivity contribution in [1.29, 1.82) is 0 Å². The summed E-state index contributed by atoms with van der Waals surface area (Å²) in [5.74, 6) is -4.38. The molecule has 0 saturated carbocycles. The van der Waals surface area contributed by atoms with E-state index in [4.69, 9.17) is 0 Å². The van der Waals surface area contributed by atoms with Crippen LogP contribution in [-0.2, 0) is 7.05 Å². The van der Waals surface area contributed by atoms with Crippen molar-refractivity contribution in [3.05, 3.63) is 48.5 Å². The molecule has 0 spiro atoms. The molecule has 1 aromatic heterocycles. The molecule has 0 aliphatic heterocycles. The van der Waals surface area contributed by atoms with E-state index in [0.29, 0.717) is 28.1 Å². The second-order valence-electron chi connectivity index (χ2n) is 6.69. The summed E-state index contributed by atoms with van der Waals surface area (Å²) in [6, 6.07) is 14.0. The predicted molar refractivity (Wildman–Crippen MR) is 105 cm³/mol. The van der Waals surface area contributed by atoms with Gasteiger partial charge in [0.05, 0.1) is 22.3 Å². The van der Waals surface area contributed by atoms with E-state index in [0.717, 1.165) is 0 Å². The van der Waals surface area contributed by atoms with Crippen LogP contribution in [0.1, 0.15) is 13.3 Å². The Balaban J connectivity index is 1.98. The van der Waals surface area contributed by atoms with Crippen molar-refractivity contribution in [2.24, 2.45) is 17.3 Å². The van der Waals surface area contributed by atoms with Crippen molar-refractivity contribution in [2.75, 3.05) is 18.0 Å². The molecule has 5 nitrogen and oxygen atoms in total. The predicted octanol–water partition coefficient (Wildman–Crippen LogP) is 6.40. The Morgan fingerprint density at radius 2 is 1.67 bits per heavy atom. The highest BCUT2D eigenvalue weighted by Crippen LogP contribution is 2.40. The molecule has 0 aliphatic carbocycles. The number of aryl methyl sites for hydroxylation is 1. The smallest absolute Gasteiger partial charge is 0.371 e. The second-order valence-corrected chi connectivity index (χ2v) is 6.69. The number of nitrogens with zero attached hydrogens (tertiary/aromatic N) is 5. The lowest BCUT2D eigenvalue weighted by Crippen LogP contribution is -2.40. The number of anilines is 1. The van der Waals surface area contributed by atoms with E-state index < -0.39 is 25.1 Å². The summed E-state index contributed by atoms with van der Waals surface area (Å²) < 4.78 is 66.1. The Bertz CT molecular complexity index is 1030. The average Bonchev–Trinajstić information content (AvgIpc) is 3.02. The third-order valence-corrected chi connectivity index (χ3v) is 4.66. The van der Waals surface area contributed by atoms with Crippen molar-refractivity contribution in [1.82, 2.24) is 9.78 Å². The molecule has 30 heavy (non-hydrogen) atoms. The molecule has 0 unspecified atom stereocenters. The first-order valence-electron chi connectivity index (χ1n) is 9.26. The second kappa shape index (κ2) is 8.37. The molecule has 0 fully saturated rings. The fourth-order valence-electron chi connectivity index (χ4n) is 3.06. The van der Waals surface area contributed by atoms with Gasteiger partial charge in [0.15, 0.2) is 5.82 Å². The summed E-state index contributed by atoms with van der Waals surface area (Å²) in [5.41, 5.74) is 1.63. The van der Waals surface area contributed by atoms with Gasteiger partial charge in [-0.15, -0.1) is 10.2 Å². The van der Waals surface area contributed by atoms with E-state index in [1.807, 2.05) is 6.07 Å². The Hall–Kier alpha value is -3.04. The van der Waals surface area contributed by atoms with Gasteiger partial charge in [-0.2, -0.15) is 27.1 Å². The quantitative estimate of drug-likeness (QED) is 0.325. The van der Waals surface area contributed by atoms with Crippen molar-refractivity contribution in [2.45, 2.75) is 25.4 Å². The molecule has 2 aromatic carbocycles. The molecule has 0 saturated heterocycles. The number of halogens is 5. The zero-order valence-corrected chi connectivity index (χ0v) is 16.4. The first kappa shape index (κ1) is 21.7. The molecular formula is C20H20F5N5. The van der Waals surface area contributed by atoms with E-state index in [2.05, 4.69) is 15.3 Å². The SMILES string of the molecule is CCN(CCC(F)(F)C(F)(F)F)c1cccc2nn(C)c(N=Nc3ccccc3)c12. The molecule has 3 rings (SSSR count). The van der Waals surface area contributed by atoms with Gasteiger partial charge in [0.25, 0.3) is 0 Å². The van der Waals surface area contributed by atoms with Gasteiger partial charge >= 0.3 is 12.1 Å². The third-order valence-electron chi connectivity index (χ3n) is 4.66. The van der Waals surface area contributed by atoms with Crippen molar-refractivity contribution >= 4 is 28.1 Å². The lowest BCUT2D eigenvalue weighted by atomic mass is 10.1. The molecule has 0 atom stereocenters. The van der Waals surface area contributed by atoms with Gasteiger partial charge in [-0.3, -0.25) is 0 Å². The lowest BCUT2D eigenvalue weighted by Gasteiger charge is -2.27. The minimum absolute atomic E-state index is 0.233. The van der Waals surface area contributed by atoms with Gasteiger partial charge in [-0.25, -0.2) is 4.68 Å². The van der Waals surface area contributed by atoms with Crippen molar-refractivity contribution in [3.63, 3.8) is 0 Å². The molecule has 0 radical (unpaired) electrons. The summed E-state index contributed by atoms with van der Waals surface area (Å²) in [4.78, 5) is 1.46. The van der Waals surface area contributed by atoms with Crippen LogP contribution in [0.4, 0.5) is 39.1 Å². The number of hydrogen-bond donors (Lipinski definition) is 0. The van der Waals surface area contributed by atoms with Crippen LogP contribution in [0.5, 0.6) is 0 Å². The Morgan fingerprint density at radius 1 is 0.967 bits per heavy atom. The summed E-state index contributed by atoms with van der Waals surface area (Å²) in [6.07, 6.45) is -6.93. The monoisotopic (exact) mass is 425 g/mol. The van der Waals surface area contributed by atoms with Crippen LogP contribution in [0.3, 0.4) is 0 Å². The van der Waals surface area contributed by atoms with Gasteiger partial charge in [0.1, 0.15) is 0 Å². The standard InChI is InChI=1S/C20H20F5N5/c1-3-30(13-12-19(21,22)20(23,24)25)16-11-7-10-15-17(16)18(29(2)28-15)27-26-14-8-5-4-6-9-14/h4-11H,3,12-13H2,1-2H3. The maximum Gasteiger partial charge on any atom is 0.453 e. The fourth-order valence-corrected chi connectivity index (χ4v) is 3.06. The van der Waals surface area contributed by atoms with Crippen LogP contribution in [0, 0.1) is 0 Å². The fraction of sp³-hybridized carbons (Fsp3) is 0.350. The zero-order chi connectivity index (χ0) is 21.9. The lowest BCUT2D eigenvalue weighted by molar-refractivity contribution is -0.283. The number of azo groups is 1. The largest absolute Gasteiger partial charge is 0.453 e. The highest BCUT2D eigenvalue weighted by Gasteiger charge is 2.56. The van der Waals surface area contributed by atoms with Crippen LogP contribution < -0.4 is 4.90 Å². The minimum atomic E-state index is -5.58. The van der Waals surface area contributed by atoms with Crippen molar-refractivity contribution < 1.29 is 22.0 Å². The topological polar surface area (TPSA) is 45.8 Å². The normalized spacial score (nSPS) is 12.8. The maximum atomic E-state index is 13.4. The highest BCUT2D eigenvalue weighted by atomic mass is 19.4. The molecule has 0 amide bonds. The van der Waals surface area contributed by atoms with Gasteiger partial charge in [-0.05, 0) is 31.2 Å². The van der Waals surface area contributed by atoms with E-state index in [1.165, 1.54) is 9.58 Å². The van der Waals surface area contributed by atoms with Crippen LogP contribution >= 0.6 is 0 Å². The Kier molecular flexibility index (Phi) is 6.04. The molecule has 0 aliphatic rings. The van der Waals surface area contributed by atoms with E-state index in [-0.39, 0.29) is 6.54 Å². The first-order chi connectivity index (χ1) is 14.1. The Labute approximate surface area is 169 Å². The van der Waals surface area contributed by atoms with Crippen LogP contribution in [0.25, 0.3) is 10.9 Å². The highest BCUT2D eigenvalue weighted by molar-refractivity contribution is 5.99. The van der Waals surface area contributed by atoms with E-state index in [9.17, 15) is 22.0 Å². The minimum Gasteiger partial charge on any atom is -0.371 e. The van der Waals surface area contributed by atoms with Gasteiger partial charge in [0.2, 0.25) is 0 Å². The molecule has 0 bridgehead atoms. The molecule has 160 valence electrons. The average molecular weight is 425 g/mol. The van der Waals surface area contributed by atoms with Gasteiger partial charge in [-0.1, -0.05) is 24.3 Å². The number of rotatable bonds is 7. The molecule has 1 heterocycles. The number of fused-ring (bicyclic) bond motifs is 1. The van der Waals surface area contributed by atoms with E-state index in [1.54, 1.807) is 56.4 Å². The summed E-state index contributed by atoms with van der Waals surface area (Å²) in [6.45, 7) is 1.44. The van der Waals surface area contributed by atoms with Crippen molar-refractivity contribution in [3.8, 4) is 0 Å². The zero-order valence-electron chi connectivity index (χ0n) is 16.4. The molecular weight excluding hydrogens is 405 g/mol. The summed E-state index contributed by atoms with van der Waals surface area (Å²) >= 11 is 0. The number of aromatic nitrogens is 2. The molecule has 0 N–H and O–H groups in total. The maximum absolute atomic E-state index is 13.4. The summed E-state index contributed by atoms with van der Waals surface area (Å²) in [7, 11) is 1.66. The first-order valence-corrected chi connectivity index (χ1v) is 9.26. The third kappa shape index (κ3) is 4.42. The number of hydrogen-bond acceptors (Lipinski definition) is 4. The van der Waals surface area contributed by atoms with Crippen LogP contribution in [0.15, 0.2) is 58.8 Å². The number of benzene rings is 2. The van der Waals surface area contributed by atoms with Crippen LogP contribution in [0.2, 0.25) is 0 Å². The molecule has 3 aromatic rings. The van der Waals surface area contributed by atoms with E-state index >= 15 is 0 Å². The van der Waals surface area contributed by atoms with Gasteiger partial charge in [0, 0.05) is 26.6 Å². The van der Waals surface area contributed by atoms with Gasteiger partial charge < -0.3 is 4.90 Å². The summed E-state index contributed by atoms with van der Waals surface area (Å²) in [5, 5.41) is 13.3. The Morgan fingerprint density at radius 3 is 2.30 bits per heavy atom. The molecule has 10 heteroatoms. The number of alkyl halides is 5. The van der Waals surface area contributed by atoms with Crippen LogP contribution in [-0.4, -0.2) is 35.0 Å².